The van der Waals surface area contributed by atoms with Crippen LogP contribution in [0.4, 0.5) is 0 Å². The third-order valence-electron chi connectivity index (χ3n) is 5.74. The first-order valence-electron chi connectivity index (χ1n) is 10.5. The van der Waals surface area contributed by atoms with E-state index >= 15 is 0 Å². The zero-order chi connectivity index (χ0) is 19.9. The second-order valence-corrected chi connectivity index (χ2v) is 7.77. The van der Waals surface area contributed by atoms with E-state index in [0.717, 1.165) is 44.5 Å². The van der Waals surface area contributed by atoms with Crippen molar-refractivity contribution in [3.63, 3.8) is 0 Å². The molecule has 0 bridgehead atoms. The average Bonchev–Trinajstić information content (AvgIpc) is 2.80. The van der Waals surface area contributed by atoms with Gasteiger partial charge in [0, 0.05) is 31.2 Å². The minimum absolute atomic E-state index is 0.0440. The van der Waals surface area contributed by atoms with Gasteiger partial charge in [0.2, 0.25) is 0 Å². The zero-order valence-corrected chi connectivity index (χ0v) is 16.8. The van der Waals surface area contributed by atoms with E-state index in [-0.39, 0.29) is 11.9 Å². The quantitative estimate of drug-likeness (QED) is 0.663. The van der Waals surface area contributed by atoms with E-state index in [1.165, 1.54) is 16.7 Å². The third-order valence-corrected chi connectivity index (χ3v) is 5.74. The average molecular weight is 385 g/mol. The van der Waals surface area contributed by atoms with Crippen LogP contribution in [0.15, 0.2) is 84.9 Å². The van der Waals surface area contributed by atoms with Crippen molar-refractivity contribution in [3.8, 4) is 11.1 Å². The van der Waals surface area contributed by atoms with Crippen LogP contribution < -0.4 is 5.32 Å². The third kappa shape index (κ3) is 5.33. The summed E-state index contributed by atoms with van der Waals surface area (Å²) in [6.45, 7) is 3.16. The van der Waals surface area contributed by atoms with Crippen LogP contribution in [-0.4, -0.2) is 36.5 Å². The van der Waals surface area contributed by atoms with Gasteiger partial charge >= 0.3 is 0 Å². The molecule has 3 aromatic carbocycles. The summed E-state index contributed by atoms with van der Waals surface area (Å²) < 4.78 is 0. The largest absolute Gasteiger partial charge is 0.349 e. The smallest absolute Gasteiger partial charge is 0.251 e. The summed E-state index contributed by atoms with van der Waals surface area (Å²) in [5, 5.41) is 3.19. The van der Waals surface area contributed by atoms with Gasteiger partial charge in [0.15, 0.2) is 0 Å². The Hall–Kier alpha value is -2.91. The van der Waals surface area contributed by atoms with Gasteiger partial charge in [0.25, 0.3) is 5.91 Å². The number of likely N-dealkylation sites (tertiary alicyclic amines) is 1. The minimum atomic E-state index is 0.0440. The van der Waals surface area contributed by atoms with Crippen molar-refractivity contribution >= 4 is 5.91 Å². The molecule has 4 rings (SSSR count). The zero-order valence-electron chi connectivity index (χ0n) is 16.8. The molecule has 3 aromatic rings. The fraction of sp³-hybridized carbons (Fsp3) is 0.269. The Morgan fingerprint density at radius 1 is 0.793 bits per heavy atom. The number of benzene rings is 3. The van der Waals surface area contributed by atoms with Crippen LogP contribution in [0.25, 0.3) is 11.1 Å². The van der Waals surface area contributed by atoms with E-state index in [4.69, 9.17) is 0 Å². The van der Waals surface area contributed by atoms with Crippen LogP contribution in [0.5, 0.6) is 0 Å². The molecule has 1 saturated heterocycles. The van der Waals surface area contributed by atoms with Gasteiger partial charge in [-0.3, -0.25) is 4.79 Å². The Kier molecular flexibility index (Phi) is 6.38. The highest BCUT2D eigenvalue weighted by atomic mass is 16.1. The molecule has 1 heterocycles. The Morgan fingerprint density at radius 2 is 1.38 bits per heavy atom. The molecule has 29 heavy (non-hydrogen) atoms. The van der Waals surface area contributed by atoms with E-state index in [0.29, 0.717) is 0 Å². The minimum Gasteiger partial charge on any atom is -0.349 e. The Bertz CT molecular complexity index is 898. The summed E-state index contributed by atoms with van der Waals surface area (Å²) in [5.41, 5.74) is 4.65. The van der Waals surface area contributed by atoms with Gasteiger partial charge in [0.1, 0.15) is 0 Å². The van der Waals surface area contributed by atoms with Crippen molar-refractivity contribution in [2.75, 3.05) is 19.6 Å². The van der Waals surface area contributed by atoms with Crippen molar-refractivity contribution < 1.29 is 4.79 Å². The fourth-order valence-corrected chi connectivity index (χ4v) is 3.94. The number of nitrogens with one attached hydrogen (secondary N) is 1. The second kappa shape index (κ2) is 9.53. The number of hydrogen-bond donors (Lipinski definition) is 1. The van der Waals surface area contributed by atoms with Crippen molar-refractivity contribution in [1.82, 2.24) is 10.2 Å². The highest BCUT2D eigenvalue weighted by Gasteiger charge is 2.20. The van der Waals surface area contributed by atoms with Crippen LogP contribution in [-0.2, 0) is 6.42 Å². The molecule has 0 atom stereocenters. The van der Waals surface area contributed by atoms with Crippen molar-refractivity contribution in [3.05, 3.63) is 96.1 Å². The summed E-state index contributed by atoms with van der Waals surface area (Å²) in [7, 11) is 0. The van der Waals surface area contributed by atoms with Gasteiger partial charge in [-0.15, -0.1) is 0 Å². The highest BCUT2D eigenvalue weighted by molar-refractivity contribution is 5.94. The SMILES string of the molecule is O=C(NC1CCN(CCc2ccc(-c3ccccc3)cc2)CC1)c1ccccc1. The van der Waals surface area contributed by atoms with Crippen LogP contribution in [0, 0.1) is 0 Å². The first-order chi connectivity index (χ1) is 14.3. The number of nitrogens with zero attached hydrogens (tertiary/aromatic N) is 1. The van der Waals surface area contributed by atoms with Gasteiger partial charge in [-0.05, 0) is 48.1 Å². The van der Waals surface area contributed by atoms with E-state index in [2.05, 4.69) is 58.7 Å². The molecule has 1 N–H and O–H groups in total. The molecule has 0 aromatic heterocycles. The lowest BCUT2D eigenvalue weighted by molar-refractivity contribution is 0.0911. The predicted octanol–water partition coefficient (Wildman–Crippen LogP) is 4.79. The standard InChI is InChI=1S/C26H28N2O/c29-26(24-9-5-2-6-10-24)27-25-16-19-28(20-17-25)18-15-21-11-13-23(14-12-21)22-7-3-1-4-8-22/h1-14,25H,15-20H2,(H,27,29). The Labute approximate surface area is 173 Å². The summed E-state index contributed by atoms with van der Waals surface area (Å²) in [4.78, 5) is 14.8. The van der Waals surface area contributed by atoms with Crippen LogP contribution in [0.1, 0.15) is 28.8 Å². The van der Waals surface area contributed by atoms with Gasteiger partial charge < -0.3 is 10.2 Å². The molecule has 1 amide bonds. The molecule has 0 saturated carbocycles. The molecule has 0 aliphatic carbocycles. The molecular weight excluding hydrogens is 356 g/mol. The molecule has 0 radical (unpaired) electrons. The highest BCUT2D eigenvalue weighted by Crippen LogP contribution is 2.20. The van der Waals surface area contributed by atoms with Crippen molar-refractivity contribution in [2.24, 2.45) is 0 Å². The summed E-state index contributed by atoms with van der Waals surface area (Å²) in [6, 6.07) is 29.2. The molecule has 3 nitrogen and oxygen atoms in total. The molecule has 1 aliphatic heterocycles. The molecule has 0 unspecified atom stereocenters. The number of hydrogen-bond acceptors (Lipinski definition) is 2. The number of piperidine rings is 1. The van der Waals surface area contributed by atoms with Crippen LogP contribution in [0.3, 0.4) is 0 Å². The van der Waals surface area contributed by atoms with Gasteiger partial charge in [-0.25, -0.2) is 0 Å². The monoisotopic (exact) mass is 384 g/mol. The number of amides is 1. The number of carbonyl (C=O) groups excluding carboxylic acids is 1. The summed E-state index contributed by atoms with van der Waals surface area (Å²) in [6.07, 6.45) is 3.10. The lowest BCUT2D eigenvalue weighted by Crippen LogP contribution is -2.45. The van der Waals surface area contributed by atoms with E-state index in [9.17, 15) is 4.79 Å². The Balaban J connectivity index is 1.21. The molecule has 1 aliphatic rings. The lowest BCUT2D eigenvalue weighted by Gasteiger charge is -2.32. The first-order valence-corrected chi connectivity index (χ1v) is 10.5. The number of rotatable bonds is 6. The molecule has 1 fully saturated rings. The Morgan fingerprint density at radius 3 is 2.03 bits per heavy atom. The van der Waals surface area contributed by atoms with Gasteiger partial charge in [-0.1, -0.05) is 72.8 Å². The fourth-order valence-electron chi connectivity index (χ4n) is 3.94. The first kappa shape index (κ1) is 19.4. The lowest BCUT2D eigenvalue weighted by atomic mass is 10.0. The van der Waals surface area contributed by atoms with E-state index in [1.54, 1.807) is 0 Å². The molecule has 0 spiro atoms. The van der Waals surface area contributed by atoms with Crippen molar-refractivity contribution in [1.29, 1.82) is 0 Å². The molecule has 148 valence electrons. The number of carbonyl (C=O) groups is 1. The topological polar surface area (TPSA) is 32.3 Å². The maximum Gasteiger partial charge on any atom is 0.251 e. The van der Waals surface area contributed by atoms with E-state index < -0.39 is 0 Å². The predicted molar refractivity (Wildman–Crippen MR) is 119 cm³/mol. The van der Waals surface area contributed by atoms with Crippen LogP contribution in [0.2, 0.25) is 0 Å². The maximum absolute atomic E-state index is 12.3. The van der Waals surface area contributed by atoms with Crippen LogP contribution >= 0.6 is 0 Å². The molecular formula is C26H28N2O. The maximum atomic E-state index is 12.3. The van der Waals surface area contributed by atoms with Crippen molar-refractivity contribution in [2.45, 2.75) is 25.3 Å². The van der Waals surface area contributed by atoms with Gasteiger partial charge in [0.05, 0.1) is 0 Å². The normalized spacial score (nSPS) is 15.2. The summed E-state index contributed by atoms with van der Waals surface area (Å²) in [5.74, 6) is 0.0440. The van der Waals surface area contributed by atoms with Gasteiger partial charge in [-0.2, -0.15) is 0 Å². The van der Waals surface area contributed by atoms with E-state index in [1.807, 2.05) is 36.4 Å². The molecule has 3 heteroatoms. The summed E-state index contributed by atoms with van der Waals surface area (Å²) >= 11 is 0. The second-order valence-electron chi connectivity index (χ2n) is 7.77.